The Balaban J connectivity index is 1.82. The minimum absolute atomic E-state index is 0.0503. The summed E-state index contributed by atoms with van der Waals surface area (Å²) in [5.74, 6) is -0.572. The summed E-state index contributed by atoms with van der Waals surface area (Å²) in [6.45, 7) is -0.0518. The zero-order valence-electron chi connectivity index (χ0n) is 12.3. The minimum Gasteiger partial charge on any atom is -0.502 e. The maximum atomic E-state index is 11.5. The van der Waals surface area contributed by atoms with Crippen LogP contribution < -0.4 is 10.7 Å². The van der Waals surface area contributed by atoms with Crippen LogP contribution in [0.25, 0.3) is 0 Å². The molecule has 0 aliphatic heterocycles. The molecule has 0 atom stereocenters. The van der Waals surface area contributed by atoms with Gasteiger partial charge in [0.25, 0.3) is 5.17 Å². The summed E-state index contributed by atoms with van der Waals surface area (Å²) < 4.78 is 10.4. The summed E-state index contributed by atoms with van der Waals surface area (Å²) in [6, 6.07) is 10.9. The SMILES string of the molecule is O=c1cc(CO)oc(COC(=S)NCCc2ccccc2)c1O. The molecule has 122 valence electrons. The second-order valence-corrected chi connectivity index (χ2v) is 5.12. The van der Waals surface area contributed by atoms with E-state index in [9.17, 15) is 9.90 Å². The van der Waals surface area contributed by atoms with Gasteiger partial charge in [0, 0.05) is 12.6 Å². The zero-order valence-corrected chi connectivity index (χ0v) is 13.1. The van der Waals surface area contributed by atoms with Gasteiger partial charge in [0.2, 0.25) is 11.2 Å². The Bertz CT molecular complexity index is 714. The second-order valence-electron chi connectivity index (χ2n) is 4.75. The number of hydrogen-bond donors (Lipinski definition) is 3. The number of thiocarbonyl (C=S) groups is 1. The van der Waals surface area contributed by atoms with E-state index >= 15 is 0 Å². The van der Waals surface area contributed by atoms with E-state index in [1.54, 1.807) is 0 Å². The van der Waals surface area contributed by atoms with Crippen LogP contribution >= 0.6 is 12.2 Å². The van der Waals surface area contributed by atoms with Gasteiger partial charge in [0.05, 0.1) is 0 Å². The van der Waals surface area contributed by atoms with Crippen molar-refractivity contribution in [2.24, 2.45) is 0 Å². The van der Waals surface area contributed by atoms with Crippen molar-refractivity contribution in [3.8, 4) is 5.75 Å². The van der Waals surface area contributed by atoms with Crippen LogP contribution in [0, 0.1) is 0 Å². The summed E-state index contributed by atoms with van der Waals surface area (Å²) in [4.78, 5) is 11.5. The number of nitrogens with one attached hydrogen (secondary N) is 1. The summed E-state index contributed by atoms with van der Waals surface area (Å²) in [6.07, 6.45) is 0.782. The third-order valence-corrected chi connectivity index (χ3v) is 3.32. The molecule has 6 nitrogen and oxygen atoms in total. The van der Waals surface area contributed by atoms with Crippen LogP contribution in [0.4, 0.5) is 0 Å². The molecule has 1 aromatic carbocycles. The number of rotatable bonds is 6. The van der Waals surface area contributed by atoms with E-state index in [1.165, 1.54) is 5.56 Å². The molecule has 0 saturated heterocycles. The first-order valence-electron chi connectivity index (χ1n) is 7.00. The highest BCUT2D eigenvalue weighted by Gasteiger charge is 2.12. The first kappa shape index (κ1) is 17.0. The minimum atomic E-state index is -0.637. The van der Waals surface area contributed by atoms with E-state index in [0.717, 1.165) is 12.5 Å². The van der Waals surface area contributed by atoms with Gasteiger partial charge in [0.1, 0.15) is 12.4 Å². The molecule has 0 unspecified atom stereocenters. The smallest absolute Gasteiger partial charge is 0.257 e. The average Bonchev–Trinajstić information content (AvgIpc) is 2.57. The monoisotopic (exact) mass is 335 g/mol. The first-order chi connectivity index (χ1) is 11.1. The van der Waals surface area contributed by atoms with Crippen molar-refractivity contribution >= 4 is 17.4 Å². The van der Waals surface area contributed by atoms with Crippen LogP contribution in [0.5, 0.6) is 5.75 Å². The van der Waals surface area contributed by atoms with Gasteiger partial charge in [-0.3, -0.25) is 4.79 Å². The molecule has 0 fully saturated rings. The van der Waals surface area contributed by atoms with Crippen molar-refractivity contribution in [2.75, 3.05) is 6.54 Å². The molecule has 0 spiro atoms. The molecule has 0 saturated carbocycles. The third kappa shape index (κ3) is 5.08. The van der Waals surface area contributed by atoms with Gasteiger partial charge in [0.15, 0.2) is 12.4 Å². The van der Waals surface area contributed by atoms with Gasteiger partial charge < -0.3 is 24.7 Å². The molecule has 0 bridgehead atoms. The standard InChI is InChI=1S/C16H17NO5S/c18-9-12-8-13(19)15(20)14(22-12)10-21-16(23)17-7-6-11-4-2-1-3-5-11/h1-5,8,18,20H,6-7,9-10H2,(H,17,23). The molecule has 2 aromatic rings. The van der Waals surface area contributed by atoms with E-state index in [-0.39, 0.29) is 23.3 Å². The fourth-order valence-electron chi connectivity index (χ4n) is 1.90. The number of hydrogen-bond acceptors (Lipinski definition) is 6. The zero-order chi connectivity index (χ0) is 16.7. The van der Waals surface area contributed by atoms with Gasteiger partial charge in [-0.2, -0.15) is 0 Å². The van der Waals surface area contributed by atoms with Crippen LogP contribution in [-0.2, 0) is 24.4 Å². The van der Waals surface area contributed by atoms with Gasteiger partial charge in [-0.15, -0.1) is 0 Å². The Morgan fingerprint density at radius 3 is 2.74 bits per heavy atom. The number of ether oxygens (including phenoxy) is 1. The van der Waals surface area contributed by atoms with Gasteiger partial charge >= 0.3 is 0 Å². The summed E-state index contributed by atoms with van der Waals surface area (Å²) >= 11 is 5.02. The quantitative estimate of drug-likeness (QED) is 0.689. The topological polar surface area (TPSA) is 91.9 Å². The normalized spacial score (nSPS) is 10.3. The summed E-state index contributed by atoms with van der Waals surface area (Å²) in [7, 11) is 0. The molecule has 1 heterocycles. The van der Waals surface area contributed by atoms with Crippen LogP contribution in [0.3, 0.4) is 0 Å². The lowest BCUT2D eigenvalue weighted by Gasteiger charge is -2.10. The van der Waals surface area contributed by atoms with Crippen molar-refractivity contribution in [3.63, 3.8) is 0 Å². The largest absolute Gasteiger partial charge is 0.502 e. The average molecular weight is 335 g/mol. The lowest BCUT2D eigenvalue weighted by atomic mass is 10.2. The molecule has 3 N–H and O–H groups in total. The van der Waals surface area contributed by atoms with E-state index in [2.05, 4.69) is 5.32 Å². The molecule has 23 heavy (non-hydrogen) atoms. The molecule has 1 aromatic heterocycles. The lowest BCUT2D eigenvalue weighted by Crippen LogP contribution is -2.26. The molecule has 7 heteroatoms. The van der Waals surface area contributed by atoms with E-state index in [0.29, 0.717) is 6.54 Å². The highest BCUT2D eigenvalue weighted by molar-refractivity contribution is 7.80. The maximum absolute atomic E-state index is 11.5. The van der Waals surface area contributed by atoms with Gasteiger partial charge in [-0.05, 0) is 24.2 Å². The molecule has 0 aliphatic rings. The first-order valence-corrected chi connectivity index (χ1v) is 7.41. The Labute approximate surface area is 138 Å². The summed E-state index contributed by atoms with van der Waals surface area (Å²) in [5, 5.41) is 21.7. The van der Waals surface area contributed by atoms with E-state index < -0.39 is 17.8 Å². The molecule has 0 radical (unpaired) electrons. The third-order valence-electron chi connectivity index (χ3n) is 3.06. The van der Waals surface area contributed by atoms with Crippen molar-refractivity contribution in [1.29, 1.82) is 0 Å². The van der Waals surface area contributed by atoms with Crippen LogP contribution in [0.1, 0.15) is 17.1 Å². The fourth-order valence-corrected chi connectivity index (χ4v) is 2.06. The van der Waals surface area contributed by atoms with Crippen molar-refractivity contribution in [2.45, 2.75) is 19.6 Å². The van der Waals surface area contributed by atoms with Crippen LogP contribution in [0.15, 0.2) is 45.6 Å². The fraction of sp³-hybridized carbons (Fsp3) is 0.250. The highest BCUT2D eigenvalue weighted by Crippen LogP contribution is 2.15. The number of aliphatic hydroxyl groups is 1. The molecular formula is C16H17NO5S. The van der Waals surface area contributed by atoms with Gasteiger partial charge in [-0.25, -0.2) is 0 Å². The van der Waals surface area contributed by atoms with E-state index in [1.807, 2.05) is 30.3 Å². The predicted molar refractivity (Wildman–Crippen MR) is 88.1 cm³/mol. The van der Waals surface area contributed by atoms with Crippen molar-refractivity contribution in [3.05, 3.63) is 63.7 Å². The van der Waals surface area contributed by atoms with Crippen molar-refractivity contribution < 1.29 is 19.4 Å². The van der Waals surface area contributed by atoms with Crippen molar-refractivity contribution in [1.82, 2.24) is 5.32 Å². The summed E-state index contributed by atoms with van der Waals surface area (Å²) in [5.41, 5.74) is 0.531. The Kier molecular flexibility index (Phi) is 6.13. The molecular weight excluding hydrogens is 318 g/mol. The Hall–Kier alpha value is -2.38. The highest BCUT2D eigenvalue weighted by atomic mass is 32.1. The Morgan fingerprint density at radius 1 is 1.30 bits per heavy atom. The maximum Gasteiger partial charge on any atom is 0.257 e. The van der Waals surface area contributed by atoms with Gasteiger partial charge in [-0.1, -0.05) is 30.3 Å². The van der Waals surface area contributed by atoms with E-state index in [4.69, 9.17) is 26.5 Å². The number of benzene rings is 1. The molecule has 0 aliphatic carbocycles. The second kappa shape index (κ2) is 8.30. The molecule has 2 rings (SSSR count). The van der Waals surface area contributed by atoms with Crippen LogP contribution in [0.2, 0.25) is 0 Å². The van der Waals surface area contributed by atoms with Crippen LogP contribution in [-0.4, -0.2) is 21.9 Å². The number of aromatic hydroxyl groups is 1. The Morgan fingerprint density at radius 2 is 2.04 bits per heavy atom. The predicted octanol–water partition coefficient (Wildman–Crippen LogP) is 1.47. The number of aliphatic hydroxyl groups excluding tert-OH is 1. The molecule has 0 amide bonds. The lowest BCUT2D eigenvalue weighted by molar-refractivity contribution is 0.204.